The van der Waals surface area contributed by atoms with Gasteiger partial charge in [0.15, 0.2) is 5.78 Å². The molecular formula is C16H11BrFNO2. The molecule has 0 fully saturated rings. The number of carbonyl (C=O) groups is 1. The molecule has 0 spiro atoms. The van der Waals surface area contributed by atoms with E-state index < -0.39 is 17.5 Å². The second kappa shape index (κ2) is 6.51. The van der Waals surface area contributed by atoms with Crippen LogP contribution in [0.15, 0.2) is 46.9 Å². The second-order valence-electron chi connectivity index (χ2n) is 4.27. The topological polar surface area (TPSA) is 50.1 Å². The zero-order valence-corrected chi connectivity index (χ0v) is 12.7. The lowest BCUT2D eigenvalue weighted by Crippen LogP contribution is -2.14. The number of benzene rings is 2. The van der Waals surface area contributed by atoms with Crippen molar-refractivity contribution in [1.29, 1.82) is 5.26 Å². The van der Waals surface area contributed by atoms with Gasteiger partial charge in [-0.15, -0.1) is 0 Å². The molecule has 0 saturated heterocycles. The van der Waals surface area contributed by atoms with Crippen LogP contribution in [-0.2, 0) is 0 Å². The molecule has 1 unspecified atom stereocenters. The smallest absolute Gasteiger partial charge is 0.187 e. The quantitative estimate of drug-likeness (QED) is 0.782. The number of Topliss-reactive ketones (excluding diaryl/α,β-unsaturated/α-hetero) is 1. The lowest BCUT2D eigenvalue weighted by atomic mass is 9.91. The van der Waals surface area contributed by atoms with Crippen molar-refractivity contribution in [2.75, 3.05) is 7.11 Å². The third-order valence-corrected chi connectivity index (χ3v) is 3.67. The first-order valence-corrected chi connectivity index (χ1v) is 6.90. The molecule has 0 radical (unpaired) electrons. The minimum Gasteiger partial charge on any atom is -0.496 e. The minimum atomic E-state index is -1.12. The van der Waals surface area contributed by atoms with Gasteiger partial charge in [0.05, 0.1) is 23.2 Å². The summed E-state index contributed by atoms with van der Waals surface area (Å²) < 4.78 is 19.4. The number of carbonyl (C=O) groups excluding carboxylic acids is 1. The van der Waals surface area contributed by atoms with Crippen molar-refractivity contribution >= 4 is 21.7 Å². The Morgan fingerprint density at radius 3 is 2.67 bits per heavy atom. The molecule has 0 aliphatic rings. The third-order valence-electron chi connectivity index (χ3n) is 3.06. The van der Waals surface area contributed by atoms with E-state index in [4.69, 9.17) is 4.74 Å². The number of ketones is 1. The highest BCUT2D eigenvalue weighted by Crippen LogP contribution is 2.30. The molecule has 106 valence electrons. The molecule has 0 aliphatic heterocycles. The zero-order valence-electron chi connectivity index (χ0n) is 11.1. The van der Waals surface area contributed by atoms with Crippen LogP contribution in [0.25, 0.3) is 0 Å². The molecule has 1 atom stereocenters. The Morgan fingerprint density at radius 2 is 2.00 bits per heavy atom. The summed E-state index contributed by atoms with van der Waals surface area (Å²) in [5.41, 5.74) is 0.300. The van der Waals surface area contributed by atoms with Gasteiger partial charge in [-0.3, -0.25) is 4.79 Å². The predicted octanol–water partition coefficient (Wildman–Crippen LogP) is 4.09. The average molecular weight is 348 g/mol. The fourth-order valence-electron chi connectivity index (χ4n) is 2.02. The molecular weight excluding hydrogens is 337 g/mol. The van der Waals surface area contributed by atoms with Gasteiger partial charge in [0, 0.05) is 5.56 Å². The summed E-state index contributed by atoms with van der Waals surface area (Å²) in [7, 11) is 1.46. The van der Waals surface area contributed by atoms with Gasteiger partial charge in [-0.05, 0) is 34.1 Å². The molecule has 0 aromatic heterocycles. The number of nitriles is 1. The van der Waals surface area contributed by atoms with Crippen LogP contribution in [0.1, 0.15) is 21.8 Å². The lowest BCUT2D eigenvalue weighted by Gasteiger charge is -2.13. The molecule has 5 heteroatoms. The second-order valence-corrected chi connectivity index (χ2v) is 5.12. The molecule has 2 aromatic carbocycles. The number of para-hydroxylation sites is 1. The van der Waals surface area contributed by atoms with Crippen LogP contribution in [0.3, 0.4) is 0 Å². The van der Waals surface area contributed by atoms with Crippen molar-refractivity contribution in [3.05, 3.63) is 63.9 Å². The molecule has 2 rings (SSSR count). The minimum absolute atomic E-state index is 0.123. The molecule has 0 bridgehead atoms. The van der Waals surface area contributed by atoms with E-state index in [1.807, 2.05) is 6.07 Å². The van der Waals surface area contributed by atoms with Crippen LogP contribution < -0.4 is 4.74 Å². The number of rotatable bonds is 4. The molecule has 0 saturated carbocycles. The van der Waals surface area contributed by atoms with Gasteiger partial charge in [-0.2, -0.15) is 5.26 Å². The summed E-state index contributed by atoms with van der Waals surface area (Å²) in [6.45, 7) is 0. The van der Waals surface area contributed by atoms with Crippen LogP contribution in [0.5, 0.6) is 5.75 Å². The first-order chi connectivity index (χ1) is 10.1. The van der Waals surface area contributed by atoms with Crippen molar-refractivity contribution in [1.82, 2.24) is 0 Å². The van der Waals surface area contributed by atoms with Gasteiger partial charge < -0.3 is 4.74 Å². The summed E-state index contributed by atoms with van der Waals surface area (Å²) in [5.74, 6) is -1.96. The van der Waals surface area contributed by atoms with E-state index in [0.29, 0.717) is 11.3 Å². The average Bonchev–Trinajstić information content (AvgIpc) is 2.51. The van der Waals surface area contributed by atoms with Gasteiger partial charge in [0.2, 0.25) is 0 Å². The summed E-state index contributed by atoms with van der Waals surface area (Å²) in [6.07, 6.45) is 0. The van der Waals surface area contributed by atoms with Crippen molar-refractivity contribution < 1.29 is 13.9 Å². The Labute approximate surface area is 130 Å². The van der Waals surface area contributed by atoms with Gasteiger partial charge in [0.25, 0.3) is 0 Å². The Kier molecular flexibility index (Phi) is 4.71. The van der Waals surface area contributed by atoms with Crippen molar-refractivity contribution in [2.45, 2.75) is 5.92 Å². The Morgan fingerprint density at radius 1 is 1.29 bits per heavy atom. The SMILES string of the molecule is COc1ccccc1C(C#N)C(=O)c1cccc(Br)c1F. The molecule has 3 nitrogen and oxygen atoms in total. The number of halogens is 2. The van der Waals surface area contributed by atoms with Crippen LogP contribution in [-0.4, -0.2) is 12.9 Å². The highest BCUT2D eigenvalue weighted by molar-refractivity contribution is 9.10. The van der Waals surface area contributed by atoms with Gasteiger partial charge in [0.1, 0.15) is 17.5 Å². The number of ether oxygens (including phenoxy) is 1. The Bertz CT molecular complexity index is 724. The van der Waals surface area contributed by atoms with E-state index in [1.165, 1.54) is 19.2 Å². The van der Waals surface area contributed by atoms with Crippen molar-refractivity contribution in [2.24, 2.45) is 0 Å². The van der Waals surface area contributed by atoms with Crippen LogP contribution >= 0.6 is 15.9 Å². The summed E-state index contributed by atoms with van der Waals surface area (Å²) >= 11 is 3.03. The van der Waals surface area contributed by atoms with Gasteiger partial charge >= 0.3 is 0 Å². The fourth-order valence-corrected chi connectivity index (χ4v) is 2.39. The Hall–Kier alpha value is -2.19. The summed E-state index contributed by atoms with van der Waals surface area (Å²) in [6, 6.07) is 13.1. The van der Waals surface area contributed by atoms with Crippen LogP contribution in [0.2, 0.25) is 0 Å². The zero-order chi connectivity index (χ0) is 15.4. The van der Waals surface area contributed by atoms with E-state index in [2.05, 4.69) is 15.9 Å². The van der Waals surface area contributed by atoms with E-state index in [1.54, 1.807) is 30.3 Å². The third kappa shape index (κ3) is 2.96. The number of hydrogen-bond acceptors (Lipinski definition) is 3. The first-order valence-electron chi connectivity index (χ1n) is 6.11. The standard InChI is InChI=1S/C16H11BrFNO2/c1-21-14-8-3-2-5-10(14)12(9-19)16(20)11-6-4-7-13(17)15(11)18/h2-8,12H,1H3. The summed E-state index contributed by atoms with van der Waals surface area (Å²) in [5, 5.41) is 9.33. The molecule has 2 aromatic rings. The maximum atomic E-state index is 14.0. The molecule has 0 N–H and O–H groups in total. The molecule has 21 heavy (non-hydrogen) atoms. The monoisotopic (exact) mass is 347 g/mol. The van der Waals surface area contributed by atoms with E-state index in [0.717, 1.165) is 0 Å². The molecule has 0 amide bonds. The van der Waals surface area contributed by atoms with Crippen molar-refractivity contribution in [3.8, 4) is 11.8 Å². The fraction of sp³-hybridized carbons (Fsp3) is 0.125. The molecule has 0 heterocycles. The first kappa shape index (κ1) is 15.2. The van der Waals surface area contributed by atoms with E-state index in [-0.39, 0.29) is 10.0 Å². The number of methoxy groups -OCH3 is 1. The highest BCUT2D eigenvalue weighted by Gasteiger charge is 2.27. The van der Waals surface area contributed by atoms with E-state index >= 15 is 0 Å². The summed E-state index contributed by atoms with van der Waals surface area (Å²) in [4.78, 5) is 12.5. The molecule has 0 aliphatic carbocycles. The van der Waals surface area contributed by atoms with Crippen LogP contribution in [0.4, 0.5) is 4.39 Å². The Balaban J connectivity index is 2.49. The maximum absolute atomic E-state index is 14.0. The largest absolute Gasteiger partial charge is 0.496 e. The lowest BCUT2D eigenvalue weighted by molar-refractivity contribution is 0.0973. The van der Waals surface area contributed by atoms with Gasteiger partial charge in [-0.1, -0.05) is 24.3 Å². The van der Waals surface area contributed by atoms with Gasteiger partial charge in [-0.25, -0.2) is 4.39 Å². The normalized spacial score (nSPS) is 11.5. The van der Waals surface area contributed by atoms with Crippen molar-refractivity contribution in [3.63, 3.8) is 0 Å². The van der Waals surface area contributed by atoms with E-state index in [9.17, 15) is 14.4 Å². The number of hydrogen-bond donors (Lipinski definition) is 0. The number of nitrogens with zero attached hydrogens (tertiary/aromatic N) is 1. The van der Waals surface area contributed by atoms with Crippen LogP contribution in [0, 0.1) is 17.1 Å². The maximum Gasteiger partial charge on any atom is 0.187 e. The highest BCUT2D eigenvalue weighted by atomic mass is 79.9. The predicted molar refractivity (Wildman–Crippen MR) is 79.8 cm³/mol.